The number of aromatic nitrogens is 2. The molecule has 0 saturated heterocycles. The zero-order valence-corrected chi connectivity index (χ0v) is 20.0. The van der Waals surface area contributed by atoms with Crippen molar-refractivity contribution in [3.8, 4) is 0 Å². The van der Waals surface area contributed by atoms with E-state index >= 15 is 0 Å². The number of carbonyl (C=O) groups is 1. The molecule has 0 aliphatic rings. The molecule has 0 bridgehead atoms. The Labute approximate surface area is 188 Å². The van der Waals surface area contributed by atoms with Crippen LogP contribution in [0.2, 0.25) is 0 Å². The van der Waals surface area contributed by atoms with E-state index in [2.05, 4.69) is 10.4 Å². The van der Waals surface area contributed by atoms with E-state index < -0.39 is 26.5 Å². The third kappa shape index (κ3) is 5.84. The van der Waals surface area contributed by atoms with E-state index in [1.165, 1.54) is 24.3 Å². The molecule has 2 aromatic rings. The minimum absolute atomic E-state index is 0.0352. The lowest BCUT2D eigenvalue weighted by molar-refractivity contribution is -0.384. The van der Waals surface area contributed by atoms with Crippen LogP contribution in [-0.2, 0) is 34.0 Å². The number of amides is 1. The van der Waals surface area contributed by atoms with Crippen molar-refractivity contribution in [1.82, 2.24) is 15.1 Å². The maximum Gasteiger partial charge on any atom is 0.407 e. The molecular formula is C21H30N4O6S. The fraction of sp³-hybridized carbons (Fsp3) is 0.524. The first kappa shape index (κ1) is 25.3. The van der Waals surface area contributed by atoms with E-state index in [4.69, 9.17) is 4.74 Å². The van der Waals surface area contributed by atoms with Crippen LogP contribution in [0.15, 0.2) is 34.1 Å². The maximum atomic E-state index is 13.4. The van der Waals surface area contributed by atoms with E-state index in [1.807, 2.05) is 13.8 Å². The summed E-state index contributed by atoms with van der Waals surface area (Å²) in [4.78, 5) is 22.4. The molecule has 1 heterocycles. The molecular weight excluding hydrogens is 436 g/mol. The highest BCUT2D eigenvalue weighted by Crippen LogP contribution is 2.29. The Morgan fingerprint density at radius 1 is 1.22 bits per heavy atom. The van der Waals surface area contributed by atoms with E-state index in [-0.39, 0.29) is 28.1 Å². The number of sulfone groups is 1. The lowest BCUT2D eigenvalue weighted by Gasteiger charge is -2.22. The fourth-order valence-corrected chi connectivity index (χ4v) is 5.03. The molecule has 1 amide bonds. The van der Waals surface area contributed by atoms with Crippen molar-refractivity contribution in [3.05, 3.63) is 45.8 Å². The molecule has 0 aliphatic carbocycles. The predicted octanol–water partition coefficient (Wildman–Crippen LogP) is 3.66. The van der Waals surface area contributed by atoms with Gasteiger partial charge < -0.3 is 10.1 Å². The van der Waals surface area contributed by atoms with Gasteiger partial charge >= 0.3 is 6.09 Å². The van der Waals surface area contributed by atoms with Crippen LogP contribution >= 0.6 is 0 Å². The average molecular weight is 467 g/mol. The van der Waals surface area contributed by atoms with Crippen molar-refractivity contribution >= 4 is 21.6 Å². The van der Waals surface area contributed by atoms with Gasteiger partial charge in [-0.25, -0.2) is 13.2 Å². The Hall–Kier alpha value is -2.95. The van der Waals surface area contributed by atoms with Gasteiger partial charge in [0, 0.05) is 18.2 Å². The molecule has 32 heavy (non-hydrogen) atoms. The molecule has 0 spiro atoms. The van der Waals surface area contributed by atoms with Crippen molar-refractivity contribution in [3.63, 3.8) is 0 Å². The number of nitrogens with zero attached hydrogens (tertiary/aromatic N) is 3. The monoisotopic (exact) mass is 466 g/mol. The summed E-state index contributed by atoms with van der Waals surface area (Å²) in [6.07, 6.45) is 0.216. The number of non-ortho nitro benzene ring substituents is 1. The third-order valence-corrected chi connectivity index (χ3v) is 6.48. The van der Waals surface area contributed by atoms with Crippen molar-refractivity contribution in [2.75, 3.05) is 0 Å². The summed E-state index contributed by atoms with van der Waals surface area (Å²) in [6.45, 7) is 11.0. The molecule has 0 unspecified atom stereocenters. The normalized spacial score (nSPS) is 12.9. The number of rotatable bonds is 8. The number of aryl methyl sites for hydroxylation is 1. The van der Waals surface area contributed by atoms with Gasteiger partial charge in [-0.1, -0.05) is 13.8 Å². The summed E-state index contributed by atoms with van der Waals surface area (Å²) in [7, 11) is -3.95. The standard InChI is InChI=1S/C21H30N4O6S/c1-7-17-19(32(29,30)16-11-9-15(10-12-16)25(27)28)18(8-2)24(23-17)13-14(3)22-20(26)31-21(4,5)6/h9-12,14H,7-8,13H2,1-6H3,(H,22,26)/t14-/m0/s1. The Morgan fingerprint density at radius 2 is 1.81 bits per heavy atom. The van der Waals surface area contributed by atoms with Gasteiger partial charge in [0.15, 0.2) is 0 Å². The minimum Gasteiger partial charge on any atom is -0.444 e. The number of nitro benzene ring substituents is 1. The van der Waals surface area contributed by atoms with E-state index in [9.17, 15) is 23.3 Å². The number of ether oxygens (including phenoxy) is 1. The van der Waals surface area contributed by atoms with Crippen LogP contribution in [0.5, 0.6) is 0 Å². The second-order valence-electron chi connectivity index (χ2n) is 8.41. The molecule has 0 aliphatic heterocycles. The molecule has 1 aromatic heterocycles. The summed E-state index contributed by atoms with van der Waals surface area (Å²) in [5.41, 5.74) is 0.0988. The van der Waals surface area contributed by atoms with Crippen molar-refractivity contribution in [1.29, 1.82) is 0 Å². The van der Waals surface area contributed by atoms with Gasteiger partial charge in [0.05, 0.1) is 27.8 Å². The number of nitro groups is 1. The molecule has 2 rings (SSSR count). The van der Waals surface area contributed by atoms with Gasteiger partial charge in [-0.2, -0.15) is 5.10 Å². The van der Waals surface area contributed by atoms with Crippen LogP contribution in [0.3, 0.4) is 0 Å². The van der Waals surface area contributed by atoms with Gasteiger partial charge in [-0.05, 0) is 52.7 Å². The highest BCUT2D eigenvalue weighted by atomic mass is 32.2. The average Bonchev–Trinajstić information content (AvgIpc) is 3.04. The second-order valence-corrected chi connectivity index (χ2v) is 10.3. The first-order valence-corrected chi connectivity index (χ1v) is 11.9. The molecule has 1 aromatic carbocycles. The molecule has 1 atom stereocenters. The first-order chi connectivity index (χ1) is 14.8. The number of hydrogen-bond acceptors (Lipinski definition) is 7. The highest BCUT2D eigenvalue weighted by Gasteiger charge is 2.30. The maximum absolute atomic E-state index is 13.4. The predicted molar refractivity (Wildman–Crippen MR) is 118 cm³/mol. The smallest absolute Gasteiger partial charge is 0.407 e. The lowest BCUT2D eigenvalue weighted by atomic mass is 10.2. The number of benzene rings is 1. The van der Waals surface area contributed by atoms with Gasteiger partial charge in [-0.15, -0.1) is 0 Å². The number of alkyl carbamates (subject to hydrolysis) is 1. The molecule has 0 radical (unpaired) electrons. The van der Waals surface area contributed by atoms with Gasteiger partial charge in [0.25, 0.3) is 5.69 Å². The van der Waals surface area contributed by atoms with E-state index in [0.29, 0.717) is 24.2 Å². The van der Waals surface area contributed by atoms with Crippen molar-refractivity contribution in [2.24, 2.45) is 0 Å². The largest absolute Gasteiger partial charge is 0.444 e. The van der Waals surface area contributed by atoms with Crippen LogP contribution in [0.25, 0.3) is 0 Å². The Kier molecular flexibility index (Phi) is 7.66. The van der Waals surface area contributed by atoms with Crippen LogP contribution in [-0.4, -0.2) is 40.9 Å². The molecule has 10 nitrogen and oxygen atoms in total. The Balaban J connectivity index is 2.39. The SMILES string of the molecule is CCc1nn(C[C@H](C)NC(=O)OC(C)(C)C)c(CC)c1S(=O)(=O)c1ccc([N+](=O)[O-])cc1. The molecule has 1 N–H and O–H groups in total. The number of nitrogens with one attached hydrogen (secondary N) is 1. The van der Waals surface area contributed by atoms with Gasteiger partial charge in [-0.3, -0.25) is 14.8 Å². The molecule has 176 valence electrons. The molecule has 11 heteroatoms. The summed E-state index contributed by atoms with van der Waals surface area (Å²) in [5, 5.41) is 18.1. The quantitative estimate of drug-likeness (QED) is 0.463. The molecule has 0 saturated carbocycles. The zero-order chi connectivity index (χ0) is 24.3. The summed E-state index contributed by atoms with van der Waals surface area (Å²) in [6, 6.07) is 4.44. The second kappa shape index (κ2) is 9.68. The summed E-state index contributed by atoms with van der Waals surface area (Å²) >= 11 is 0. The van der Waals surface area contributed by atoms with Crippen molar-refractivity contribution < 1.29 is 22.9 Å². The fourth-order valence-electron chi connectivity index (χ4n) is 3.25. The summed E-state index contributed by atoms with van der Waals surface area (Å²) < 4.78 is 33.7. The molecule has 0 fully saturated rings. The van der Waals surface area contributed by atoms with Crippen LogP contribution < -0.4 is 5.32 Å². The Bertz CT molecular complexity index is 1080. The minimum atomic E-state index is -3.95. The van der Waals surface area contributed by atoms with E-state index in [0.717, 1.165) is 0 Å². The number of carbonyl (C=O) groups excluding carboxylic acids is 1. The van der Waals surface area contributed by atoms with Gasteiger partial charge in [0.2, 0.25) is 9.84 Å². The van der Waals surface area contributed by atoms with E-state index in [1.54, 1.807) is 32.4 Å². The lowest BCUT2D eigenvalue weighted by Crippen LogP contribution is -2.40. The topological polar surface area (TPSA) is 133 Å². The third-order valence-electron chi connectivity index (χ3n) is 4.58. The highest BCUT2D eigenvalue weighted by molar-refractivity contribution is 7.91. The number of hydrogen-bond donors (Lipinski definition) is 1. The van der Waals surface area contributed by atoms with Gasteiger partial charge in [0.1, 0.15) is 10.5 Å². The zero-order valence-electron chi connectivity index (χ0n) is 19.2. The van der Waals surface area contributed by atoms with Crippen LogP contribution in [0.4, 0.5) is 10.5 Å². The first-order valence-electron chi connectivity index (χ1n) is 10.4. The summed E-state index contributed by atoms with van der Waals surface area (Å²) in [5.74, 6) is 0. The Morgan fingerprint density at radius 3 is 2.28 bits per heavy atom. The van der Waals surface area contributed by atoms with Crippen LogP contribution in [0.1, 0.15) is 52.9 Å². The van der Waals surface area contributed by atoms with Crippen LogP contribution in [0, 0.1) is 10.1 Å². The van der Waals surface area contributed by atoms with Crippen molar-refractivity contribution in [2.45, 2.75) is 82.4 Å².